The van der Waals surface area contributed by atoms with E-state index in [0.717, 1.165) is 18.6 Å². The summed E-state index contributed by atoms with van der Waals surface area (Å²) >= 11 is 0. The molecule has 0 bridgehead atoms. The van der Waals surface area contributed by atoms with E-state index in [4.69, 9.17) is 10.00 Å². The first-order valence-electron chi connectivity index (χ1n) is 4.57. The molecule has 0 fully saturated rings. The Balaban J connectivity index is 0.000000461. The lowest BCUT2D eigenvalue weighted by Gasteiger charge is -2.15. The number of hydrogen-bond acceptors (Lipinski definition) is 3. The summed E-state index contributed by atoms with van der Waals surface area (Å²) in [7, 11) is 1.50. The van der Waals surface area contributed by atoms with Crippen molar-refractivity contribution in [3.63, 3.8) is 0 Å². The predicted octanol–water partition coefficient (Wildman–Crippen LogP) is 1.21. The Morgan fingerprint density at radius 2 is 2.14 bits per heavy atom. The van der Waals surface area contributed by atoms with Gasteiger partial charge in [-0.25, -0.2) is 0 Å². The monoisotopic (exact) mass is 190 g/mol. The second-order valence-electron chi connectivity index (χ2n) is 2.90. The number of nitrogens with zero attached hydrogens (tertiary/aromatic N) is 1. The highest BCUT2D eigenvalue weighted by atomic mass is 16.5. The minimum absolute atomic E-state index is 0.658. The van der Waals surface area contributed by atoms with Crippen LogP contribution in [0.3, 0.4) is 0 Å². The lowest BCUT2D eigenvalue weighted by Crippen LogP contribution is -2.09. The van der Waals surface area contributed by atoms with Crippen molar-refractivity contribution >= 4 is 0 Å². The van der Waals surface area contributed by atoms with Crippen molar-refractivity contribution in [3.05, 3.63) is 34.9 Å². The number of nitriles is 1. The normalized spacial score (nSPS) is 13.2. The lowest BCUT2D eigenvalue weighted by atomic mass is 10.0. The Labute approximate surface area is 84.1 Å². The van der Waals surface area contributed by atoms with E-state index in [0.29, 0.717) is 6.61 Å². The molecule has 2 N–H and O–H groups in total. The van der Waals surface area contributed by atoms with Crippen LogP contribution in [0.1, 0.15) is 16.7 Å². The molecule has 74 valence electrons. The Kier molecular flexibility index (Phi) is 4.11. The fourth-order valence-corrected chi connectivity index (χ4v) is 1.44. The number of rotatable bonds is 0. The molecule has 0 aliphatic carbocycles. The van der Waals surface area contributed by atoms with Gasteiger partial charge in [-0.2, -0.15) is 5.26 Å². The smallest absolute Gasteiger partial charge is 0.0991 e. The zero-order valence-electron chi connectivity index (χ0n) is 8.29. The quantitative estimate of drug-likeness (QED) is 0.668. The summed E-state index contributed by atoms with van der Waals surface area (Å²) < 4.78 is 5.29. The molecular formula is C11H14N2O. The first-order valence-corrected chi connectivity index (χ1v) is 4.57. The van der Waals surface area contributed by atoms with Crippen LogP contribution in [-0.2, 0) is 17.8 Å². The maximum atomic E-state index is 8.65. The first kappa shape index (κ1) is 10.7. The summed E-state index contributed by atoms with van der Waals surface area (Å²) in [6, 6.07) is 7.92. The molecule has 14 heavy (non-hydrogen) atoms. The highest BCUT2D eigenvalue weighted by Crippen LogP contribution is 2.17. The maximum absolute atomic E-state index is 8.65. The van der Waals surface area contributed by atoms with E-state index in [-0.39, 0.29) is 0 Å². The molecule has 3 heteroatoms. The number of fused-ring (bicyclic) bond motifs is 1. The van der Waals surface area contributed by atoms with Gasteiger partial charge in [-0.05, 0) is 36.7 Å². The fourth-order valence-electron chi connectivity index (χ4n) is 1.44. The first-order chi connectivity index (χ1) is 6.90. The molecule has 0 amide bonds. The third-order valence-corrected chi connectivity index (χ3v) is 2.11. The second-order valence-corrected chi connectivity index (χ2v) is 2.90. The van der Waals surface area contributed by atoms with Crippen LogP contribution in [0.2, 0.25) is 0 Å². The van der Waals surface area contributed by atoms with Crippen molar-refractivity contribution in [2.45, 2.75) is 13.0 Å². The number of benzene rings is 1. The Bertz CT molecular complexity index is 342. The second kappa shape index (κ2) is 5.38. The van der Waals surface area contributed by atoms with Gasteiger partial charge in [-0.1, -0.05) is 6.07 Å². The van der Waals surface area contributed by atoms with Crippen LogP contribution in [0.4, 0.5) is 0 Å². The van der Waals surface area contributed by atoms with Gasteiger partial charge in [0.25, 0.3) is 0 Å². The summed E-state index contributed by atoms with van der Waals surface area (Å²) in [6.07, 6.45) is 0.973. The zero-order valence-corrected chi connectivity index (χ0v) is 8.29. The van der Waals surface area contributed by atoms with E-state index in [2.05, 4.69) is 11.8 Å². The van der Waals surface area contributed by atoms with Gasteiger partial charge >= 0.3 is 0 Å². The van der Waals surface area contributed by atoms with Crippen LogP contribution < -0.4 is 5.73 Å². The van der Waals surface area contributed by atoms with Crippen molar-refractivity contribution in [2.75, 3.05) is 13.7 Å². The number of nitrogens with two attached hydrogens (primary N) is 1. The van der Waals surface area contributed by atoms with Crippen molar-refractivity contribution in [1.82, 2.24) is 0 Å². The summed E-state index contributed by atoms with van der Waals surface area (Å²) in [6.45, 7) is 1.46. The summed E-state index contributed by atoms with van der Waals surface area (Å²) in [5, 5.41) is 8.65. The molecule has 0 atom stereocenters. The van der Waals surface area contributed by atoms with Crippen molar-refractivity contribution in [2.24, 2.45) is 5.73 Å². The van der Waals surface area contributed by atoms with Crippen LogP contribution >= 0.6 is 0 Å². The van der Waals surface area contributed by atoms with Crippen LogP contribution in [-0.4, -0.2) is 13.7 Å². The molecule has 0 spiro atoms. The topological polar surface area (TPSA) is 59.0 Å². The Morgan fingerprint density at radius 3 is 2.86 bits per heavy atom. The van der Waals surface area contributed by atoms with Crippen molar-refractivity contribution < 1.29 is 4.74 Å². The molecule has 0 unspecified atom stereocenters. The zero-order chi connectivity index (χ0) is 10.4. The summed E-state index contributed by atoms with van der Waals surface area (Å²) in [4.78, 5) is 0. The lowest BCUT2D eigenvalue weighted by molar-refractivity contribution is 0.111. The van der Waals surface area contributed by atoms with Crippen LogP contribution in [0.25, 0.3) is 0 Å². The van der Waals surface area contributed by atoms with E-state index in [1.165, 1.54) is 18.2 Å². The van der Waals surface area contributed by atoms with Crippen LogP contribution in [0, 0.1) is 11.3 Å². The molecule has 1 aliphatic rings. The molecular weight excluding hydrogens is 176 g/mol. The van der Waals surface area contributed by atoms with Gasteiger partial charge < -0.3 is 10.5 Å². The van der Waals surface area contributed by atoms with Gasteiger partial charge in [0.15, 0.2) is 0 Å². The molecule has 0 saturated heterocycles. The molecule has 1 aromatic rings. The van der Waals surface area contributed by atoms with E-state index >= 15 is 0 Å². The standard InChI is InChI=1S/C10H9NO.CH5N/c11-6-8-1-2-9-3-4-12-7-10(9)5-8;1-2/h1-2,5H,3-4,7H2;2H2,1H3. The minimum Gasteiger partial charge on any atom is -0.376 e. The van der Waals surface area contributed by atoms with E-state index in [9.17, 15) is 0 Å². The van der Waals surface area contributed by atoms with E-state index in [1.54, 1.807) is 0 Å². The third-order valence-electron chi connectivity index (χ3n) is 2.11. The SMILES string of the molecule is CN.N#Cc1ccc2c(c1)COCC2. The molecule has 3 nitrogen and oxygen atoms in total. The van der Waals surface area contributed by atoms with Crippen molar-refractivity contribution in [3.8, 4) is 6.07 Å². The largest absolute Gasteiger partial charge is 0.376 e. The van der Waals surface area contributed by atoms with Gasteiger partial charge in [-0.15, -0.1) is 0 Å². The van der Waals surface area contributed by atoms with E-state index in [1.807, 2.05) is 18.2 Å². The minimum atomic E-state index is 0.658. The maximum Gasteiger partial charge on any atom is 0.0991 e. The van der Waals surface area contributed by atoms with Gasteiger partial charge in [0.05, 0.1) is 24.8 Å². The molecule has 0 aromatic heterocycles. The Hall–Kier alpha value is -1.37. The van der Waals surface area contributed by atoms with Crippen LogP contribution in [0.15, 0.2) is 18.2 Å². The number of hydrogen-bond donors (Lipinski definition) is 1. The van der Waals surface area contributed by atoms with Gasteiger partial charge in [0, 0.05) is 0 Å². The van der Waals surface area contributed by atoms with Gasteiger partial charge in [0.1, 0.15) is 0 Å². The van der Waals surface area contributed by atoms with Gasteiger partial charge in [0.2, 0.25) is 0 Å². The summed E-state index contributed by atoms with van der Waals surface area (Å²) in [5.41, 5.74) is 7.71. The van der Waals surface area contributed by atoms with Gasteiger partial charge in [-0.3, -0.25) is 0 Å². The molecule has 1 aliphatic heterocycles. The molecule has 0 saturated carbocycles. The molecule has 1 aromatic carbocycles. The van der Waals surface area contributed by atoms with Crippen molar-refractivity contribution in [1.29, 1.82) is 5.26 Å². The molecule has 1 heterocycles. The average Bonchev–Trinajstić information content (AvgIpc) is 2.31. The number of ether oxygens (including phenoxy) is 1. The third kappa shape index (κ3) is 2.32. The highest BCUT2D eigenvalue weighted by molar-refractivity contribution is 5.38. The predicted molar refractivity (Wildman–Crippen MR) is 54.6 cm³/mol. The van der Waals surface area contributed by atoms with Crippen LogP contribution in [0.5, 0.6) is 0 Å². The average molecular weight is 190 g/mol. The summed E-state index contributed by atoms with van der Waals surface area (Å²) in [5.74, 6) is 0. The highest BCUT2D eigenvalue weighted by Gasteiger charge is 2.08. The Morgan fingerprint density at radius 1 is 1.36 bits per heavy atom. The van der Waals surface area contributed by atoms with E-state index < -0.39 is 0 Å². The fraction of sp³-hybridized carbons (Fsp3) is 0.364. The molecule has 2 rings (SSSR count). The molecule has 0 radical (unpaired) electrons.